The van der Waals surface area contributed by atoms with Gasteiger partial charge in [0.15, 0.2) is 5.16 Å². The normalized spacial score (nSPS) is 10.3. The van der Waals surface area contributed by atoms with E-state index in [1.807, 2.05) is 18.2 Å². The summed E-state index contributed by atoms with van der Waals surface area (Å²) in [6.07, 6.45) is 0. The lowest BCUT2D eigenvalue weighted by Gasteiger charge is -2.06. The first-order valence-corrected chi connectivity index (χ1v) is 6.63. The Balaban J connectivity index is 1.80. The van der Waals surface area contributed by atoms with Gasteiger partial charge in [0.05, 0.1) is 6.61 Å². The molecule has 7 heteroatoms. The molecule has 0 spiro atoms. The van der Waals surface area contributed by atoms with E-state index >= 15 is 0 Å². The maximum Gasteiger partial charge on any atom is 0.191 e. The molecule has 19 heavy (non-hydrogen) atoms. The third-order valence-corrected chi connectivity index (χ3v) is 3.00. The second-order valence-electron chi connectivity index (χ2n) is 3.77. The van der Waals surface area contributed by atoms with Crippen molar-refractivity contribution in [2.24, 2.45) is 0 Å². The van der Waals surface area contributed by atoms with E-state index in [0.29, 0.717) is 34.8 Å². The highest BCUT2D eigenvalue weighted by molar-refractivity contribution is 7.99. The van der Waals surface area contributed by atoms with Crippen LogP contribution in [0, 0.1) is 0 Å². The number of rotatable bonds is 5. The Morgan fingerprint density at radius 2 is 1.79 bits per heavy atom. The van der Waals surface area contributed by atoms with E-state index in [0.717, 1.165) is 5.75 Å². The van der Waals surface area contributed by atoms with Crippen molar-refractivity contribution in [1.29, 1.82) is 0 Å². The molecule has 0 aliphatic heterocycles. The van der Waals surface area contributed by atoms with Crippen LogP contribution in [0.25, 0.3) is 0 Å². The Morgan fingerprint density at radius 1 is 1.05 bits per heavy atom. The van der Waals surface area contributed by atoms with Gasteiger partial charge < -0.3 is 21.9 Å². The van der Waals surface area contributed by atoms with Crippen molar-refractivity contribution in [1.82, 2.24) is 9.97 Å². The average Bonchev–Trinajstić information content (AvgIpc) is 2.34. The van der Waals surface area contributed by atoms with Gasteiger partial charge in [-0.1, -0.05) is 17.8 Å². The van der Waals surface area contributed by atoms with Crippen LogP contribution in [0.4, 0.5) is 17.3 Å². The maximum atomic E-state index is 5.65. The minimum absolute atomic E-state index is 0.367. The predicted molar refractivity (Wildman–Crippen MR) is 77.9 cm³/mol. The number of nitrogen functional groups attached to an aromatic ring is 3. The smallest absolute Gasteiger partial charge is 0.191 e. The Hall–Kier alpha value is -2.15. The Labute approximate surface area is 115 Å². The van der Waals surface area contributed by atoms with Crippen molar-refractivity contribution < 1.29 is 4.74 Å². The van der Waals surface area contributed by atoms with E-state index in [1.165, 1.54) is 17.8 Å². The summed E-state index contributed by atoms with van der Waals surface area (Å²) in [6.45, 7) is 0.520. The summed E-state index contributed by atoms with van der Waals surface area (Å²) in [5.74, 6) is 2.17. The fourth-order valence-electron chi connectivity index (χ4n) is 1.42. The summed E-state index contributed by atoms with van der Waals surface area (Å²) in [5, 5.41) is 0.550. The molecule has 100 valence electrons. The standard InChI is InChI=1S/C12H15N5OS/c13-8-2-1-3-9(6-8)18-4-5-19-12-16-10(14)7-11(15)17-12/h1-3,6-7H,4-5,13H2,(H4,14,15,16,17). The molecule has 0 atom stereocenters. The number of nitrogens with zero attached hydrogens (tertiary/aromatic N) is 2. The van der Waals surface area contributed by atoms with Crippen molar-refractivity contribution in [2.75, 3.05) is 29.6 Å². The molecule has 6 nitrogen and oxygen atoms in total. The second-order valence-corrected chi connectivity index (χ2v) is 4.83. The molecule has 0 saturated carbocycles. The van der Waals surface area contributed by atoms with Crippen molar-refractivity contribution in [3.8, 4) is 5.75 Å². The van der Waals surface area contributed by atoms with Gasteiger partial charge in [0, 0.05) is 23.6 Å². The summed E-state index contributed by atoms with van der Waals surface area (Å²) >= 11 is 1.43. The van der Waals surface area contributed by atoms with Gasteiger partial charge >= 0.3 is 0 Å². The molecule has 2 rings (SSSR count). The molecule has 0 bridgehead atoms. The van der Waals surface area contributed by atoms with E-state index in [1.54, 1.807) is 6.07 Å². The lowest BCUT2D eigenvalue weighted by atomic mass is 10.3. The van der Waals surface area contributed by atoms with E-state index in [4.69, 9.17) is 21.9 Å². The molecular weight excluding hydrogens is 262 g/mol. The molecule has 1 heterocycles. The van der Waals surface area contributed by atoms with Crippen molar-refractivity contribution in [2.45, 2.75) is 5.16 Å². The molecule has 6 N–H and O–H groups in total. The quantitative estimate of drug-likeness (QED) is 0.327. The van der Waals surface area contributed by atoms with Gasteiger partial charge in [-0.2, -0.15) is 0 Å². The topological polar surface area (TPSA) is 113 Å². The molecule has 0 saturated heterocycles. The van der Waals surface area contributed by atoms with E-state index < -0.39 is 0 Å². The fraction of sp³-hybridized carbons (Fsp3) is 0.167. The van der Waals surface area contributed by atoms with Gasteiger partial charge in [-0.25, -0.2) is 9.97 Å². The minimum atomic E-state index is 0.367. The first-order chi connectivity index (χ1) is 9.13. The fourth-order valence-corrected chi connectivity index (χ4v) is 2.11. The number of anilines is 3. The highest BCUT2D eigenvalue weighted by atomic mass is 32.2. The van der Waals surface area contributed by atoms with Gasteiger partial charge in [-0.15, -0.1) is 0 Å². The molecule has 1 aromatic heterocycles. The predicted octanol–water partition coefficient (Wildman–Crippen LogP) is 1.39. The highest BCUT2D eigenvalue weighted by Gasteiger charge is 2.01. The van der Waals surface area contributed by atoms with Gasteiger partial charge in [-0.3, -0.25) is 0 Å². The Bertz CT molecular complexity index is 543. The number of hydrogen-bond donors (Lipinski definition) is 3. The molecule has 2 aromatic rings. The summed E-state index contributed by atoms with van der Waals surface area (Å²) < 4.78 is 5.55. The van der Waals surface area contributed by atoms with Crippen LogP contribution in [0.5, 0.6) is 5.75 Å². The number of hydrogen-bond acceptors (Lipinski definition) is 7. The molecule has 0 fully saturated rings. The van der Waals surface area contributed by atoms with Crippen LogP contribution in [0.1, 0.15) is 0 Å². The summed E-state index contributed by atoms with van der Waals surface area (Å²) in [7, 11) is 0. The average molecular weight is 277 g/mol. The first kappa shape index (κ1) is 13.3. The lowest BCUT2D eigenvalue weighted by molar-refractivity contribution is 0.344. The van der Waals surface area contributed by atoms with Gasteiger partial charge in [-0.05, 0) is 12.1 Å². The van der Waals surface area contributed by atoms with Crippen LogP contribution >= 0.6 is 11.8 Å². The second kappa shape index (κ2) is 6.14. The third-order valence-electron chi connectivity index (χ3n) is 2.19. The SMILES string of the molecule is Nc1cccc(OCCSc2nc(N)cc(N)n2)c1. The van der Waals surface area contributed by atoms with E-state index in [9.17, 15) is 0 Å². The molecule has 0 radical (unpaired) electrons. The maximum absolute atomic E-state index is 5.65. The minimum Gasteiger partial charge on any atom is -0.493 e. The number of thioether (sulfide) groups is 1. The largest absolute Gasteiger partial charge is 0.493 e. The molecule has 0 aliphatic rings. The summed E-state index contributed by atoms with van der Waals surface area (Å²) in [6, 6.07) is 8.81. The van der Waals surface area contributed by atoms with Crippen LogP contribution in [0.2, 0.25) is 0 Å². The Morgan fingerprint density at radius 3 is 2.47 bits per heavy atom. The van der Waals surface area contributed by atoms with Crippen molar-refractivity contribution >= 4 is 29.1 Å². The number of aromatic nitrogens is 2. The van der Waals surface area contributed by atoms with Crippen molar-refractivity contribution in [3.63, 3.8) is 0 Å². The van der Waals surface area contributed by atoms with E-state index in [2.05, 4.69) is 9.97 Å². The van der Waals surface area contributed by atoms with Crippen LogP contribution in [0.3, 0.4) is 0 Å². The first-order valence-electron chi connectivity index (χ1n) is 5.64. The number of nitrogens with two attached hydrogens (primary N) is 3. The van der Waals surface area contributed by atoms with Crippen molar-refractivity contribution in [3.05, 3.63) is 30.3 Å². The molecular formula is C12H15N5OS. The van der Waals surface area contributed by atoms with Crippen LogP contribution in [-0.2, 0) is 0 Å². The molecule has 1 aromatic carbocycles. The Kier molecular flexibility index (Phi) is 4.30. The summed E-state index contributed by atoms with van der Waals surface area (Å²) in [4.78, 5) is 8.13. The summed E-state index contributed by atoms with van der Waals surface area (Å²) in [5.41, 5.74) is 17.5. The third kappa shape index (κ3) is 4.22. The van der Waals surface area contributed by atoms with Crippen LogP contribution < -0.4 is 21.9 Å². The monoisotopic (exact) mass is 277 g/mol. The lowest BCUT2D eigenvalue weighted by Crippen LogP contribution is -2.03. The van der Waals surface area contributed by atoms with Gasteiger partial charge in [0.2, 0.25) is 0 Å². The van der Waals surface area contributed by atoms with E-state index in [-0.39, 0.29) is 0 Å². The zero-order valence-corrected chi connectivity index (χ0v) is 11.1. The van der Waals surface area contributed by atoms with Gasteiger partial charge in [0.1, 0.15) is 17.4 Å². The number of benzene rings is 1. The van der Waals surface area contributed by atoms with Gasteiger partial charge in [0.25, 0.3) is 0 Å². The van der Waals surface area contributed by atoms with Crippen LogP contribution in [-0.4, -0.2) is 22.3 Å². The molecule has 0 amide bonds. The zero-order chi connectivity index (χ0) is 13.7. The number of ether oxygens (including phenoxy) is 1. The highest BCUT2D eigenvalue weighted by Crippen LogP contribution is 2.18. The molecule has 0 unspecified atom stereocenters. The zero-order valence-electron chi connectivity index (χ0n) is 10.2. The van der Waals surface area contributed by atoms with Crippen LogP contribution in [0.15, 0.2) is 35.5 Å². The molecule has 0 aliphatic carbocycles.